The molecule has 0 N–H and O–H groups in total. The molecular formula is C14H17N3O2. The van der Waals surface area contributed by atoms with Gasteiger partial charge in [0.05, 0.1) is 4.92 Å². The van der Waals surface area contributed by atoms with Gasteiger partial charge in [-0.05, 0) is 30.4 Å². The number of anilines is 1. The SMILES string of the molecule is CC(C)C1CCN(c2ccc([N+](=O)[O-])c(C#N)c2)C1. The van der Waals surface area contributed by atoms with Gasteiger partial charge in [-0.2, -0.15) is 5.26 Å². The van der Waals surface area contributed by atoms with E-state index >= 15 is 0 Å². The van der Waals surface area contributed by atoms with Crippen LogP contribution in [0.25, 0.3) is 0 Å². The Hall–Kier alpha value is -2.09. The van der Waals surface area contributed by atoms with E-state index in [1.807, 2.05) is 6.07 Å². The number of nitrogens with zero attached hydrogens (tertiary/aromatic N) is 3. The molecule has 19 heavy (non-hydrogen) atoms. The van der Waals surface area contributed by atoms with Crippen molar-refractivity contribution in [3.63, 3.8) is 0 Å². The summed E-state index contributed by atoms with van der Waals surface area (Å²) in [5, 5.41) is 19.8. The summed E-state index contributed by atoms with van der Waals surface area (Å²) < 4.78 is 0. The molecule has 1 atom stereocenters. The monoisotopic (exact) mass is 259 g/mol. The second kappa shape index (κ2) is 5.27. The van der Waals surface area contributed by atoms with Crippen molar-refractivity contribution < 1.29 is 4.92 Å². The lowest BCUT2D eigenvalue weighted by Crippen LogP contribution is -2.21. The summed E-state index contributed by atoms with van der Waals surface area (Å²) in [5.74, 6) is 1.29. The van der Waals surface area contributed by atoms with E-state index in [4.69, 9.17) is 5.26 Å². The standard InChI is InChI=1S/C14H17N3O2/c1-10(2)11-5-6-16(9-11)13-3-4-14(17(18)19)12(7-13)8-15/h3-4,7,10-11H,5-6,9H2,1-2H3. The van der Waals surface area contributed by atoms with Gasteiger partial charge in [0.1, 0.15) is 11.6 Å². The smallest absolute Gasteiger partial charge is 0.287 e. The molecule has 1 saturated heterocycles. The molecule has 0 spiro atoms. The molecule has 1 heterocycles. The molecular weight excluding hydrogens is 242 g/mol. The Morgan fingerprint density at radius 2 is 2.26 bits per heavy atom. The first-order valence-electron chi connectivity index (χ1n) is 6.46. The lowest BCUT2D eigenvalue weighted by Gasteiger charge is -2.20. The predicted octanol–water partition coefficient (Wildman–Crippen LogP) is 2.95. The predicted molar refractivity (Wildman–Crippen MR) is 73.0 cm³/mol. The fourth-order valence-corrected chi connectivity index (χ4v) is 2.54. The second-order valence-corrected chi connectivity index (χ2v) is 5.31. The second-order valence-electron chi connectivity index (χ2n) is 5.31. The molecule has 1 unspecified atom stereocenters. The zero-order valence-corrected chi connectivity index (χ0v) is 11.2. The van der Waals surface area contributed by atoms with Crippen LogP contribution in [0.15, 0.2) is 18.2 Å². The number of benzene rings is 1. The number of rotatable bonds is 3. The van der Waals surface area contributed by atoms with Crippen LogP contribution in [0.3, 0.4) is 0 Å². The molecule has 1 aromatic rings. The fraction of sp³-hybridized carbons (Fsp3) is 0.500. The van der Waals surface area contributed by atoms with Crippen LogP contribution in [-0.2, 0) is 0 Å². The molecule has 5 heteroatoms. The summed E-state index contributed by atoms with van der Waals surface area (Å²) in [7, 11) is 0. The summed E-state index contributed by atoms with van der Waals surface area (Å²) in [6.45, 7) is 6.33. The molecule has 0 aromatic heterocycles. The van der Waals surface area contributed by atoms with Crippen molar-refractivity contribution >= 4 is 11.4 Å². The van der Waals surface area contributed by atoms with E-state index in [-0.39, 0.29) is 11.3 Å². The quantitative estimate of drug-likeness (QED) is 0.618. The Morgan fingerprint density at radius 1 is 1.53 bits per heavy atom. The highest BCUT2D eigenvalue weighted by Gasteiger charge is 2.26. The Labute approximate surface area is 112 Å². The number of nitro benzene ring substituents is 1. The summed E-state index contributed by atoms with van der Waals surface area (Å²) in [5.41, 5.74) is 0.923. The van der Waals surface area contributed by atoms with Gasteiger partial charge in [0.25, 0.3) is 5.69 Å². The van der Waals surface area contributed by atoms with Crippen LogP contribution >= 0.6 is 0 Å². The molecule has 1 fully saturated rings. The van der Waals surface area contributed by atoms with E-state index in [1.165, 1.54) is 6.07 Å². The van der Waals surface area contributed by atoms with Gasteiger partial charge in [-0.25, -0.2) is 0 Å². The minimum atomic E-state index is -0.511. The summed E-state index contributed by atoms with van der Waals surface area (Å²) >= 11 is 0. The van der Waals surface area contributed by atoms with Crippen molar-refractivity contribution in [3.8, 4) is 6.07 Å². The number of nitriles is 1. The van der Waals surface area contributed by atoms with Crippen LogP contribution < -0.4 is 4.90 Å². The third-order valence-electron chi connectivity index (χ3n) is 3.83. The molecule has 5 nitrogen and oxygen atoms in total. The van der Waals surface area contributed by atoms with Crippen LogP contribution in [0.4, 0.5) is 11.4 Å². The largest absolute Gasteiger partial charge is 0.371 e. The van der Waals surface area contributed by atoms with Crippen molar-refractivity contribution in [2.24, 2.45) is 11.8 Å². The molecule has 100 valence electrons. The van der Waals surface area contributed by atoms with Crippen molar-refractivity contribution in [1.29, 1.82) is 5.26 Å². The van der Waals surface area contributed by atoms with Gasteiger partial charge in [0.2, 0.25) is 0 Å². The van der Waals surface area contributed by atoms with E-state index in [0.717, 1.165) is 25.2 Å². The van der Waals surface area contributed by atoms with Crippen LogP contribution in [0.2, 0.25) is 0 Å². The lowest BCUT2D eigenvalue weighted by molar-refractivity contribution is -0.385. The average Bonchev–Trinajstić information content (AvgIpc) is 2.87. The first-order chi connectivity index (χ1) is 9.02. The van der Waals surface area contributed by atoms with E-state index in [1.54, 1.807) is 12.1 Å². The van der Waals surface area contributed by atoms with Gasteiger partial charge in [-0.1, -0.05) is 13.8 Å². The molecule has 0 aliphatic carbocycles. The van der Waals surface area contributed by atoms with Gasteiger partial charge in [-0.15, -0.1) is 0 Å². The van der Waals surface area contributed by atoms with Crippen molar-refractivity contribution in [1.82, 2.24) is 0 Å². The summed E-state index contributed by atoms with van der Waals surface area (Å²) in [4.78, 5) is 12.5. The van der Waals surface area contributed by atoms with E-state index < -0.39 is 4.92 Å². The molecule has 0 amide bonds. The van der Waals surface area contributed by atoms with Crippen LogP contribution in [0.1, 0.15) is 25.8 Å². The Bertz CT molecular complexity index is 534. The van der Waals surface area contributed by atoms with Crippen LogP contribution in [0.5, 0.6) is 0 Å². The number of hydrogen-bond donors (Lipinski definition) is 0. The highest BCUT2D eigenvalue weighted by atomic mass is 16.6. The molecule has 0 bridgehead atoms. The Morgan fingerprint density at radius 3 is 2.79 bits per heavy atom. The third kappa shape index (κ3) is 2.68. The Balaban J connectivity index is 2.24. The maximum absolute atomic E-state index is 10.8. The van der Waals surface area contributed by atoms with Gasteiger partial charge in [0.15, 0.2) is 0 Å². The van der Waals surface area contributed by atoms with Crippen molar-refractivity contribution in [2.45, 2.75) is 20.3 Å². The van der Waals surface area contributed by atoms with Gasteiger partial charge in [-0.3, -0.25) is 10.1 Å². The molecule has 2 rings (SSSR count). The molecule has 0 saturated carbocycles. The summed E-state index contributed by atoms with van der Waals surface area (Å²) in [6.07, 6.45) is 1.14. The zero-order chi connectivity index (χ0) is 14.0. The molecule has 1 aliphatic heterocycles. The maximum atomic E-state index is 10.8. The minimum absolute atomic E-state index is 0.120. The van der Waals surface area contributed by atoms with Crippen molar-refractivity contribution in [3.05, 3.63) is 33.9 Å². The van der Waals surface area contributed by atoms with E-state index in [2.05, 4.69) is 18.7 Å². The number of nitro groups is 1. The third-order valence-corrected chi connectivity index (χ3v) is 3.83. The minimum Gasteiger partial charge on any atom is -0.371 e. The zero-order valence-electron chi connectivity index (χ0n) is 11.2. The van der Waals surface area contributed by atoms with Gasteiger partial charge in [0, 0.05) is 24.8 Å². The highest BCUT2D eigenvalue weighted by molar-refractivity contribution is 5.60. The average molecular weight is 259 g/mol. The maximum Gasteiger partial charge on any atom is 0.287 e. The number of hydrogen-bond acceptors (Lipinski definition) is 4. The van der Waals surface area contributed by atoms with E-state index in [0.29, 0.717) is 11.8 Å². The van der Waals surface area contributed by atoms with E-state index in [9.17, 15) is 10.1 Å². The lowest BCUT2D eigenvalue weighted by atomic mass is 9.95. The summed E-state index contributed by atoms with van der Waals surface area (Å²) in [6, 6.07) is 6.70. The normalized spacial score (nSPS) is 18.6. The van der Waals surface area contributed by atoms with Gasteiger partial charge >= 0.3 is 0 Å². The Kier molecular flexibility index (Phi) is 3.70. The fourth-order valence-electron chi connectivity index (χ4n) is 2.54. The van der Waals surface area contributed by atoms with Gasteiger partial charge < -0.3 is 4.90 Å². The first-order valence-corrected chi connectivity index (χ1v) is 6.46. The molecule has 0 radical (unpaired) electrons. The van der Waals surface area contributed by atoms with Crippen LogP contribution in [0, 0.1) is 33.3 Å². The van der Waals surface area contributed by atoms with Crippen LogP contribution in [-0.4, -0.2) is 18.0 Å². The van der Waals surface area contributed by atoms with Crippen molar-refractivity contribution in [2.75, 3.05) is 18.0 Å². The molecule has 1 aliphatic rings. The highest BCUT2D eigenvalue weighted by Crippen LogP contribution is 2.30. The first kappa shape index (κ1) is 13.3. The topological polar surface area (TPSA) is 70.2 Å². The molecule has 1 aromatic carbocycles.